The zero-order valence-corrected chi connectivity index (χ0v) is 14.2. The molecule has 0 aliphatic heterocycles. The predicted molar refractivity (Wildman–Crippen MR) is 93.3 cm³/mol. The Morgan fingerprint density at radius 2 is 1.84 bits per heavy atom. The number of rotatable bonds is 6. The Kier molecular flexibility index (Phi) is 5.49. The Morgan fingerprint density at radius 3 is 2.40 bits per heavy atom. The first kappa shape index (κ1) is 18.1. The molecular formula is C18H18N2O5. The van der Waals surface area contributed by atoms with Gasteiger partial charge in [-0.2, -0.15) is 0 Å². The maximum absolute atomic E-state index is 12.1. The van der Waals surface area contributed by atoms with Gasteiger partial charge in [0.25, 0.3) is 5.91 Å². The van der Waals surface area contributed by atoms with Crippen molar-refractivity contribution in [2.75, 3.05) is 11.9 Å². The Morgan fingerprint density at radius 1 is 1.20 bits per heavy atom. The van der Waals surface area contributed by atoms with E-state index in [0.717, 1.165) is 22.8 Å². The summed E-state index contributed by atoms with van der Waals surface area (Å²) in [7, 11) is 0. The summed E-state index contributed by atoms with van der Waals surface area (Å²) in [6.07, 6.45) is 0.506. The number of hydrogen-bond donors (Lipinski definition) is 1. The van der Waals surface area contributed by atoms with Crippen molar-refractivity contribution in [2.24, 2.45) is 0 Å². The Balaban J connectivity index is 2.11. The summed E-state index contributed by atoms with van der Waals surface area (Å²) in [6, 6.07) is 7.70. The zero-order chi connectivity index (χ0) is 18.6. The molecule has 0 atom stereocenters. The summed E-state index contributed by atoms with van der Waals surface area (Å²) in [5.74, 6) is -0.494. The second-order valence-electron chi connectivity index (χ2n) is 5.71. The molecule has 7 heteroatoms. The van der Waals surface area contributed by atoms with Gasteiger partial charge in [0.15, 0.2) is 12.4 Å². The highest BCUT2D eigenvalue weighted by molar-refractivity contribution is 5.93. The highest BCUT2D eigenvalue weighted by atomic mass is 16.6. The number of carbonyl (C=O) groups excluding carboxylic acids is 2. The van der Waals surface area contributed by atoms with Crippen LogP contribution in [0.1, 0.15) is 27.0 Å². The fourth-order valence-electron chi connectivity index (χ4n) is 2.57. The molecule has 1 N–H and O–H groups in total. The molecule has 0 bridgehead atoms. The van der Waals surface area contributed by atoms with E-state index in [1.54, 1.807) is 0 Å². The van der Waals surface area contributed by atoms with Crippen LogP contribution >= 0.6 is 0 Å². The van der Waals surface area contributed by atoms with Gasteiger partial charge in [0, 0.05) is 17.3 Å². The quantitative estimate of drug-likeness (QED) is 0.493. The number of ether oxygens (including phenoxy) is 1. The van der Waals surface area contributed by atoms with Gasteiger partial charge in [0.05, 0.1) is 4.92 Å². The van der Waals surface area contributed by atoms with Crippen molar-refractivity contribution in [3.63, 3.8) is 0 Å². The third-order valence-corrected chi connectivity index (χ3v) is 3.62. The molecule has 2 rings (SSSR count). The molecular weight excluding hydrogens is 324 g/mol. The Hall–Kier alpha value is -3.22. The van der Waals surface area contributed by atoms with Gasteiger partial charge in [0.1, 0.15) is 6.29 Å². The van der Waals surface area contributed by atoms with Gasteiger partial charge < -0.3 is 10.1 Å². The molecule has 130 valence electrons. The molecule has 0 heterocycles. The van der Waals surface area contributed by atoms with Crippen LogP contribution in [0.4, 0.5) is 11.4 Å². The van der Waals surface area contributed by atoms with Crippen LogP contribution in [0.25, 0.3) is 0 Å². The standard InChI is InChI=1S/C18H18N2O5/c1-11-6-12(2)18(13(3)7-11)19-17(22)10-25-16-5-4-14(9-21)8-15(16)20(23)24/h4-9H,10H2,1-3H3,(H,19,22). The van der Waals surface area contributed by atoms with Gasteiger partial charge in [-0.05, 0) is 44.0 Å². The Bertz CT molecular complexity index is 822. The van der Waals surface area contributed by atoms with E-state index in [4.69, 9.17) is 4.74 Å². The van der Waals surface area contributed by atoms with Crippen molar-refractivity contribution in [3.05, 3.63) is 62.7 Å². The molecule has 0 radical (unpaired) electrons. The number of aryl methyl sites for hydroxylation is 3. The number of hydrogen-bond acceptors (Lipinski definition) is 5. The largest absolute Gasteiger partial charge is 0.477 e. The van der Waals surface area contributed by atoms with Crippen LogP contribution in [0, 0.1) is 30.9 Å². The highest BCUT2D eigenvalue weighted by Crippen LogP contribution is 2.27. The molecule has 2 aromatic rings. The second kappa shape index (κ2) is 7.57. The van der Waals surface area contributed by atoms with Gasteiger partial charge in [-0.15, -0.1) is 0 Å². The minimum atomic E-state index is -0.658. The third kappa shape index (κ3) is 4.41. The fraction of sp³-hybridized carbons (Fsp3) is 0.222. The van der Waals surface area contributed by atoms with Gasteiger partial charge in [-0.1, -0.05) is 17.7 Å². The summed E-state index contributed by atoms with van der Waals surface area (Å²) in [5, 5.41) is 13.8. The zero-order valence-electron chi connectivity index (χ0n) is 14.2. The minimum absolute atomic E-state index is 0.0666. The first-order chi connectivity index (χ1) is 11.8. The number of anilines is 1. The summed E-state index contributed by atoms with van der Waals surface area (Å²) >= 11 is 0. The van der Waals surface area contributed by atoms with E-state index >= 15 is 0 Å². The number of nitrogens with zero attached hydrogens (tertiary/aromatic N) is 1. The molecule has 0 fully saturated rings. The van der Waals surface area contributed by atoms with E-state index in [0.29, 0.717) is 12.0 Å². The maximum atomic E-state index is 12.1. The lowest BCUT2D eigenvalue weighted by Gasteiger charge is -2.13. The lowest BCUT2D eigenvalue weighted by atomic mass is 10.1. The predicted octanol–water partition coefficient (Wildman–Crippen LogP) is 3.35. The van der Waals surface area contributed by atoms with Crippen LogP contribution in [0.3, 0.4) is 0 Å². The van der Waals surface area contributed by atoms with E-state index < -0.39 is 10.8 Å². The van der Waals surface area contributed by atoms with Crippen molar-refractivity contribution >= 4 is 23.6 Å². The van der Waals surface area contributed by atoms with Gasteiger partial charge in [-0.3, -0.25) is 19.7 Å². The first-order valence-electron chi connectivity index (χ1n) is 7.56. The molecule has 0 saturated heterocycles. The van der Waals surface area contributed by atoms with Crippen LogP contribution in [0.15, 0.2) is 30.3 Å². The number of carbonyl (C=O) groups is 2. The smallest absolute Gasteiger partial charge is 0.311 e. The molecule has 2 aromatic carbocycles. The molecule has 0 spiro atoms. The van der Waals surface area contributed by atoms with Gasteiger partial charge in [-0.25, -0.2) is 0 Å². The van der Waals surface area contributed by atoms with E-state index in [1.807, 2.05) is 32.9 Å². The normalized spacial score (nSPS) is 10.2. The van der Waals surface area contributed by atoms with Crippen molar-refractivity contribution in [3.8, 4) is 5.75 Å². The number of aldehydes is 1. The van der Waals surface area contributed by atoms with Crippen molar-refractivity contribution < 1.29 is 19.2 Å². The molecule has 0 unspecified atom stereocenters. The molecule has 0 aliphatic carbocycles. The first-order valence-corrected chi connectivity index (χ1v) is 7.56. The molecule has 0 aromatic heterocycles. The van der Waals surface area contributed by atoms with Crippen LogP contribution < -0.4 is 10.1 Å². The summed E-state index contributed by atoms with van der Waals surface area (Å²) < 4.78 is 5.27. The van der Waals surface area contributed by atoms with Crippen LogP contribution in [-0.2, 0) is 4.79 Å². The molecule has 25 heavy (non-hydrogen) atoms. The number of nitrogens with one attached hydrogen (secondary N) is 1. The number of nitro benzene ring substituents is 1. The maximum Gasteiger partial charge on any atom is 0.311 e. The van der Waals surface area contributed by atoms with Gasteiger partial charge >= 0.3 is 5.69 Å². The molecule has 7 nitrogen and oxygen atoms in total. The molecule has 1 amide bonds. The van der Waals surface area contributed by atoms with Crippen molar-refractivity contribution in [2.45, 2.75) is 20.8 Å². The monoisotopic (exact) mass is 342 g/mol. The fourth-order valence-corrected chi connectivity index (χ4v) is 2.57. The average Bonchev–Trinajstić information content (AvgIpc) is 2.55. The number of amides is 1. The van der Waals surface area contributed by atoms with Crippen LogP contribution in [-0.4, -0.2) is 23.7 Å². The van der Waals surface area contributed by atoms with E-state index in [9.17, 15) is 19.7 Å². The Labute approximate surface area is 144 Å². The number of nitro groups is 1. The second-order valence-corrected chi connectivity index (χ2v) is 5.71. The molecule has 0 aliphatic rings. The van der Waals surface area contributed by atoms with E-state index in [-0.39, 0.29) is 23.6 Å². The SMILES string of the molecule is Cc1cc(C)c(NC(=O)COc2ccc(C=O)cc2[N+](=O)[O-])c(C)c1. The van der Waals surface area contributed by atoms with Crippen molar-refractivity contribution in [1.29, 1.82) is 0 Å². The topological polar surface area (TPSA) is 98.5 Å². The molecule has 0 saturated carbocycles. The van der Waals surface area contributed by atoms with Crippen LogP contribution in [0.2, 0.25) is 0 Å². The highest BCUT2D eigenvalue weighted by Gasteiger charge is 2.17. The number of benzene rings is 2. The van der Waals surface area contributed by atoms with Crippen LogP contribution in [0.5, 0.6) is 5.75 Å². The minimum Gasteiger partial charge on any atom is -0.477 e. The van der Waals surface area contributed by atoms with E-state index in [1.165, 1.54) is 12.1 Å². The summed E-state index contributed by atoms with van der Waals surface area (Å²) in [5.41, 5.74) is 3.44. The van der Waals surface area contributed by atoms with E-state index in [2.05, 4.69) is 5.32 Å². The third-order valence-electron chi connectivity index (χ3n) is 3.62. The average molecular weight is 342 g/mol. The lowest BCUT2D eigenvalue weighted by Crippen LogP contribution is -2.21. The van der Waals surface area contributed by atoms with Crippen molar-refractivity contribution in [1.82, 2.24) is 0 Å². The lowest BCUT2D eigenvalue weighted by molar-refractivity contribution is -0.385. The summed E-state index contributed by atoms with van der Waals surface area (Å²) in [4.78, 5) is 33.2. The van der Waals surface area contributed by atoms with Gasteiger partial charge in [0.2, 0.25) is 0 Å². The summed E-state index contributed by atoms with van der Waals surface area (Å²) in [6.45, 7) is 5.36.